The molecule has 3 aromatic rings. The molecule has 0 bridgehead atoms. The number of carbonyl (C=O) groups excluding carboxylic acids is 2. The highest BCUT2D eigenvalue weighted by Crippen LogP contribution is 2.35. The van der Waals surface area contributed by atoms with Crippen LogP contribution in [-0.2, 0) is 29.1 Å². The highest BCUT2D eigenvalue weighted by molar-refractivity contribution is 6.33. The monoisotopic (exact) mass is 666 g/mol. The van der Waals surface area contributed by atoms with Gasteiger partial charge in [-0.1, -0.05) is 17.7 Å². The molecular weight excluding hydrogens is 628 g/mol. The predicted octanol–water partition coefficient (Wildman–Crippen LogP) is 1.72. The van der Waals surface area contributed by atoms with Crippen molar-refractivity contribution in [3.05, 3.63) is 58.4 Å². The Morgan fingerprint density at radius 1 is 1.13 bits per heavy atom. The fraction of sp³-hybridized carbons (Fsp3) is 0.531. The first-order valence-corrected chi connectivity index (χ1v) is 16.5. The van der Waals surface area contributed by atoms with Gasteiger partial charge in [-0.2, -0.15) is 4.98 Å². The number of carbonyl (C=O) groups is 2. The van der Waals surface area contributed by atoms with Crippen molar-refractivity contribution < 1.29 is 28.6 Å². The molecule has 0 unspecified atom stereocenters. The van der Waals surface area contributed by atoms with Gasteiger partial charge in [0.1, 0.15) is 23.9 Å². The Kier molecular flexibility index (Phi) is 9.43. The molecule has 0 spiro atoms. The summed E-state index contributed by atoms with van der Waals surface area (Å²) in [6.07, 6.45) is 4.85. The summed E-state index contributed by atoms with van der Waals surface area (Å²) in [5, 5.41) is 17.6. The van der Waals surface area contributed by atoms with E-state index in [-0.39, 0.29) is 36.7 Å². The van der Waals surface area contributed by atoms with Crippen LogP contribution in [0.1, 0.15) is 40.2 Å². The molecule has 15 heteroatoms. The second-order valence-corrected chi connectivity index (χ2v) is 12.9. The molecule has 1 aromatic carbocycles. The van der Waals surface area contributed by atoms with Gasteiger partial charge in [0.25, 0.3) is 5.91 Å². The minimum atomic E-state index is -0.788. The smallest absolute Gasteiger partial charge is 0.270 e. The van der Waals surface area contributed by atoms with E-state index in [2.05, 4.69) is 30.5 Å². The second-order valence-electron chi connectivity index (χ2n) is 12.5. The predicted molar refractivity (Wildman–Crippen MR) is 171 cm³/mol. The van der Waals surface area contributed by atoms with Crippen molar-refractivity contribution >= 4 is 35.2 Å². The molecule has 3 N–H and O–H groups in total. The number of amides is 2. The first kappa shape index (κ1) is 31.6. The second kappa shape index (κ2) is 14.0. The van der Waals surface area contributed by atoms with E-state index in [0.717, 1.165) is 24.0 Å². The summed E-state index contributed by atoms with van der Waals surface area (Å²) >= 11 is 6.68. The Hall–Kier alpha value is -3.98. The molecule has 14 nitrogen and oxygen atoms in total. The number of benzene rings is 1. The molecule has 250 valence electrons. The van der Waals surface area contributed by atoms with Crippen molar-refractivity contribution in [2.24, 2.45) is 5.92 Å². The molecule has 47 heavy (non-hydrogen) atoms. The maximum Gasteiger partial charge on any atom is 0.270 e. The van der Waals surface area contributed by atoms with E-state index < -0.39 is 12.0 Å². The third-order valence-corrected chi connectivity index (χ3v) is 9.35. The number of ether oxygens (including phenoxy) is 2. The van der Waals surface area contributed by atoms with Crippen molar-refractivity contribution in [3.63, 3.8) is 0 Å². The number of halogens is 1. The fourth-order valence-corrected chi connectivity index (χ4v) is 6.38. The summed E-state index contributed by atoms with van der Waals surface area (Å²) in [6, 6.07) is 5.59. The van der Waals surface area contributed by atoms with Gasteiger partial charge in [0.2, 0.25) is 11.9 Å². The van der Waals surface area contributed by atoms with E-state index in [1.807, 2.05) is 21.9 Å². The van der Waals surface area contributed by atoms with Crippen LogP contribution in [0.2, 0.25) is 5.02 Å². The minimum Gasteiger partial charge on any atom is -0.484 e. The number of hydrogen-bond acceptors (Lipinski definition) is 12. The van der Waals surface area contributed by atoms with Crippen LogP contribution in [0, 0.1) is 5.92 Å². The number of piperazine rings is 1. The van der Waals surface area contributed by atoms with Gasteiger partial charge in [-0.15, -0.1) is 0 Å². The van der Waals surface area contributed by atoms with Gasteiger partial charge in [-0.05, 0) is 36.5 Å². The zero-order valence-corrected chi connectivity index (χ0v) is 26.8. The summed E-state index contributed by atoms with van der Waals surface area (Å²) in [4.78, 5) is 45.1. The fourth-order valence-electron chi connectivity index (χ4n) is 6.05. The van der Waals surface area contributed by atoms with Crippen LogP contribution in [-0.4, -0.2) is 113 Å². The Balaban J connectivity index is 0.933. The molecular formula is C32H39ClN8O6. The van der Waals surface area contributed by atoms with Gasteiger partial charge in [0, 0.05) is 64.3 Å². The molecule has 2 aromatic heterocycles. The number of hydrogen-bond donors (Lipinski definition) is 3. The molecule has 1 saturated carbocycles. The molecule has 1 atom stereocenters. The van der Waals surface area contributed by atoms with Gasteiger partial charge in [0.05, 0.1) is 36.6 Å². The molecule has 2 amide bonds. The third-order valence-electron chi connectivity index (χ3n) is 8.94. The van der Waals surface area contributed by atoms with E-state index in [1.165, 1.54) is 6.39 Å². The van der Waals surface area contributed by atoms with Crippen molar-refractivity contribution in [1.29, 1.82) is 0 Å². The Morgan fingerprint density at radius 3 is 2.68 bits per heavy atom. The number of rotatable bonds is 12. The maximum absolute atomic E-state index is 13.3. The van der Waals surface area contributed by atoms with E-state index in [0.29, 0.717) is 93.7 Å². The lowest BCUT2D eigenvalue weighted by Crippen LogP contribution is -2.50. The molecule has 5 heterocycles. The number of nitrogens with zero attached hydrogens (tertiary/aromatic N) is 6. The molecule has 2 saturated heterocycles. The summed E-state index contributed by atoms with van der Waals surface area (Å²) in [6.45, 7) is 5.55. The highest BCUT2D eigenvalue weighted by atomic mass is 35.5. The molecule has 1 aliphatic carbocycles. The van der Waals surface area contributed by atoms with Gasteiger partial charge in [-0.25, -0.2) is 9.97 Å². The van der Waals surface area contributed by atoms with E-state index in [9.17, 15) is 14.7 Å². The van der Waals surface area contributed by atoms with Crippen molar-refractivity contribution in [2.75, 3.05) is 69.2 Å². The largest absolute Gasteiger partial charge is 0.484 e. The Labute approximate surface area is 277 Å². The van der Waals surface area contributed by atoms with Gasteiger partial charge < -0.3 is 39.4 Å². The highest BCUT2D eigenvalue weighted by Gasteiger charge is 2.35. The summed E-state index contributed by atoms with van der Waals surface area (Å²) in [7, 11) is 0. The first-order valence-electron chi connectivity index (χ1n) is 16.2. The van der Waals surface area contributed by atoms with E-state index in [1.54, 1.807) is 12.3 Å². The molecule has 3 fully saturated rings. The van der Waals surface area contributed by atoms with Crippen molar-refractivity contribution in [2.45, 2.75) is 44.6 Å². The minimum absolute atomic E-state index is 0.0673. The number of oxazole rings is 1. The number of aliphatic hydroxyl groups is 1. The number of fused-ring (bicyclic) bond motifs is 1. The van der Waals surface area contributed by atoms with E-state index >= 15 is 0 Å². The van der Waals surface area contributed by atoms with Crippen LogP contribution in [0.3, 0.4) is 0 Å². The van der Waals surface area contributed by atoms with E-state index in [4.69, 9.17) is 25.5 Å². The Bertz CT molecular complexity index is 1580. The average molecular weight is 667 g/mol. The molecule has 0 radical (unpaired) electrons. The number of β-amino-alcohol motifs (C(OH)–C–C–N with tert-alkyl or cyclic N) is 1. The quantitative estimate of drug-likeness (QED) is 0.257. The summed E-state index contributed by atoms with van der Waals surface area (Å²) in [5.41, 5.74) is 2.33. The summed E-state index contributed by atoms with van der Waals surface area (Å²) in [5.74, 6) is 2.23. The molecule has 7 rings (SSSR count). The number of nitrogens with one attached hydrogen (secondary N) is 2. The van der Waals surface area contributed by atoms with Crippen LogP contribution in [0.15, 0.2) is 35.2 Å². The van der Waals surface area contributed by atoms with Gasteiger partial charge in [0.15, 0.2) is 12.2 Å². The number of aliphatic hydroxyl groups excluding tert-OH is 1. The zero-order valence-electron chi connectivity index (χ0n) is 26.1. The molecule has 3 aliphatic heterocycles. The summed E-state index contributed by atoms with van der Waals surface area (Å²) < 4.78 is 16.4. The SMILES string of the molecule is O=C(NC[C@H](O)CN1CCc2c(ccc(OCc3cnco3)c2Cl)C1)c1cc(NC2COC2)nc(N2CCN(C(=O)C3CC3)CC2)n1. The Morgan fingerprint density at radius 2 is 1.96 bits per heavy atom. The average Bonchev–Trinajstić information content (AvgIpc) is 3.79. The third kappa shape index (κ3) is 7.61. The number of anilines is 2. The van der Waals surface area contributed by atoms with Crippen molar-refractivity contribution in [3.8, 4) is 5.75 Å². The van der Waals surface area contributed by atoms with Crippen molar-refractivity contribution in [1.82, 2.24) is 30.1 Å². The van der Waals surface area contributed by atoms with Gasteiger partial charge >= 0.3 is 0 Å². The van der Waals surface area contributed by atoms with Crippen LogP contribution < -0.4 is 20.3 Å². The maximum atomic E-state index is 13.3. The van der Waals surface area contributed by atoms with Crippen LogP contribution in [0.4, 0.5) is 11.8 Å². The molecule has 4 aliphatic rings. The standard InChI is InChI=1S/C32H39ClN8O6/c33-29-25-5-6-39(14-21(25)3-4-27(29)46-18-24-13-34-19-47-24)15-23(42)12-35-30(43)26-11-28(36-22-16-45-17-22)38-32(37-26)41-9-7-40(8-10-41)31(44)20-1-2-20/h3-4,11,13,19-20,22-23,42H,1-2,5-10,12,14-18H2,(H,35,43)(H,36,37,38)/t23-/m0/s1. The van der Waals surface area contributed by atoms with Crippen LogP contribution in [0.25, 0.3) is 0 Å². The number of aromatic nitrogens is 3. The topological polar surface area (TPSA) is 158 Å². The lowest BCUT2D eigenvalue weighted by molar-refractivity contribution is -0.132. The normalized spacial score (nSPS) is 19.1. The van der Waals surface area contributed by atoms with Crippen LogP contribution >= 0.6 is 11.6 Å². The first-order chi connectivity index (χ1) is 22.9. The van der Waals surface area contributed by atoms with Gasteiger partial charge in [-0.3, -0.25) is 14.5 Å². The lowest BCUT2D eigenvalue weighted by Gasteiger charge is -2.35. The van der Waals surface area contributed by atoms with Crippen LogP contribution in [0.5, 0.6) is 5.75 Å². The zero-order chi connectivity index (χ0) is 32.3. The lowest BCUT2D eigenvalue weighted by atomic mass is 9.99.